The van der Waals surface area contributed by atoms with Crippen molar-refractivity contribution in [2.45, 2.75) is 44.9 Å². The van der Waals surface area contributed by atoms with Gasteiger partial charge in [-0.1, -0.05) is 11.6 Å². The third kappa shape index (κ3) is 4.61. The average Bonchev–Trinajstić information content (AvgIpc) is 3.22. The van der Waals surface area contributed by atoms with Crippen LogP contribution in [-0.4, -0.2) is 63.4 Å². The second-order valence-corrected chi connectivity index (χ2v) is 10.8. The van der Waals surface area contributed by atoms with Crippen LogP contribution >= 0.6 is 11.6 Å². The number of hydrogen-bond acceptors (Lipinski definition) is 7. The van der Waals surface area contributed by atoms with Gasteiger partial charge in [0.25, 0.3) is 0 Å². The highest BCUT2D eigenvalue weighted by Gasteiger charge is 2.31. The first-order valence-electron chi connectivity index (χ1n) is 12.8. The molecule has 2 aromatic carbocycles. The number of β-amino-alcohol motifs (C(OH)–C–C–N with tert-alkyl or cyclic N) is 1. The van der Waals surface area contributed by atoms with Crippen LogP contribution in [0.2, 0.25) is 5.02 Å². The van der Waals surface area contributed by atoms with Crippen molar-refractivity contribution in [3.63, 3.8) is 0 Å². The number of fused-ring (bicyclic) bond motifs is 2. The van der Waals surface area contributed by atoms with Gasteiger partial charge < -0.3 is 19.5 Å². The number of halogens is 4. The van der Waals surface area contributed by atoms with Crippen molar-refractivity contribution < 1.29 is 27.8 Å². The van der Waals surface area contributed by atoms with E-state index in [2.05, 4.69) is 15.1 Å². The molecule has 39 heavy (non-hydrogen) atoms. The Bertz CT molecular complexity index is 1590. The number of aromatic nitrogens is 4. The SMILES string of the molecule is Cc1c(Cl)cc2c(cnn2C2CCCCO2)c1-c1c(F)cc2c(N3CCOCC(C)(O)C3)nc(F)nc2c1F. The number of nitrogens with zero attached hydrogens (tertiary/aromatic N) is 5. The first-order chi connectivity index (χ1) is 18.6. The molecule has 8 nitrogen and oxygen atoms in total. The average molecular weight is 562 g/mol. The lowest BCUT2D eigenvalue weighted by atomic mass is 9.94. The molecule has 2 atom stereocenters. The molecule has 4 aromatic rings. The van der Waals surface area contributed by atoms with Gasteiger partial charge in [-0.25, -0.2) is 13.5 Å². The highest BCUT2D eigenvalue weighted by Crippen LogP contribution is 2.42. The van der Waals surface area contributed by atoms with Crippen LogP contribution in [0.3, 0.4) is 0 Å². The molecule has 12 heteroatoms. The van der Waals surface area contributed by atoms with E-state index in [9.17, 15) is 9.50 Å². The Kier molecular flexibility index (Phi) is 6.65. The normalized spacial score (nSPS) is 22.5. The van der Waals surface area contributed by atoms with Crippen molar-refractivity contribution in [1.82, 2.24) is 19.7 Å². The van der Waals surface area contributed by atoms with Crippen molar-refractivity contribution in [1.29, 1.82) is 0 Å². The van der Waals surface area contributed by atoms with Crippen LogP contribution in [0.5, 0.6) is 0 Å². The molecule has 2 fully saturated rings. The molecule has 0 radical (unpaired) electrons. The molecular formula is C27H27ClF3N5O3. The second kappa shape index (κ2) is 9.88. The number of rotatable bonds is 3. The Morgan fingerprint density at radius 3 is 2.69 bits per heavy atom. The molecule has 0 amide bonds. The third-order valence-corrected chi connectivity index (χ3v) is 7.76. The van der Waals surface area contributed by atoms with Crippen LogP contribution in [-0.2, 0) is 9.47 Å². The van der Waals surface area contributed by atoms with Gasteiger partial charge >= 0.3 is 6.08 Å². The quantitative estimate of drug-likeness (QED) is 0.339. The summed E-state index contributed by atoms with van der Waals surface area (Å²) < 4.78 is 60.0. The minimum atomic E-state index is -1.27. The highest BCUT2D eigenvalue weighted by atomic mass is 35.5. The monoisotopic (exact) mass is 561 g/mol. The Hall–Kier alpha value is -2.99. The van der Waals surface area contributed by atoms with E-state index in [0.717, 1.165) is 25.3 Å². The molecule has 2 aliphatic rings. The fraction of sp³-hybridized carbons (Fsp3) is 0.444. The molecule has 2 aromatic heterocycles. The number of aliphatic hydroxyl groups is 1. The van der Waals surface area contributed by atoms with E-state index in [-0.39, 0.29) is 60.4 Å². The number of anilines is 1. The summed E-state index contributed by atoms with van der Waals surface area (Å²) in [5, 5.41) is 15.9. The minimum Gasteiger partial charge on any atom is -0.386 e. The minimum absolute atomic E-state index is 0.0184. The van der Waals surface area contributed by atoms with Crippen molar-refractivity contribution in [3.05, 3.63) is 46.6 Å². The molecule has 2 unspecified atom stereocenters. The molecule has 0 bridgehead atoms. The van der Waals surface area contributed by atoms with Gasteiger partial charge in [0.2, 0.25) is 0 Å². The Morgan fingerprint density at radius 2 is 1.92 bits per heavy atom. The molecule has 206 valence electrons. The van der Waals surface area contributed by atoms with Crippen molar-refractivity contribution >= 4 is 39.2 Å². The highest BCUT2D eigenvalue weighted by molar-refractivity contribution is 6.33. The molecule has 0 aliphatic carbocycles. The predicted octanol–water partition coefficient (Wildman–Crippen LogP) is 5.31. The Morgan fingerprint density at radius 1 is 1.10 bits per heavy atom. The molecule has 1 N–H and O–H groups in total. The van der Waals surface area contributed by atoms with Gasteiger partial charge in [0.15, 0.2) is 12.0 Å². The van der Waals surface area contributed by atoms with Gasteiger partial charge in [-0.05, 0) is 50.8 Å². The van der Waals surface area contributed by atoms with Crippen LogP contribution in [0.25, 0.3) is 32.9 Å². The predicted molar refractivity (Wildman–Crippen MR) is 140 cm³/mol. The first-order valence-corrected chi connectivity index (χ1v) is 13.2. The van der Waals surface area contributed by atoms with Gasteiger partial charge in [0.1, 0.15) is 22.8 Å². The van der Waals surface area contributed by atoms with E-state index in [1.807, 2.05) is 0 Å². The maximum atomic E-state index is 16.3. The summed E-state index contributed by atoms with van der Waals surface area (Å²) in [6, 6.07) is 2.81. The molecule has 2 saturated heterocycles. The van der Waals surface area contributed by atoms with Crippen molar-refractivity contribution in [3.8, 4) is 11.1 Å². The zero-order chi connectivity index (χ0) is 27.5. The fourth-order valence-corrected chi connectivity index (χ4v) is 5.73. The maximum Gasteiger partial charge on any atom is 0.311 e. The van der Waals surface area contributed by atoms with Gasteiger partial charge in [-0.2, -0.15) is 19.5 Å². The summed E-state index contributed by atoms with van der Waals surface area (Å²) in [5.74, 6) is -1.95. The zero-order valence-corrected chi connectivity index (χ0v) is 22.2. The largest absolute Gasteiger partial charge is 0.386 e. The molecule has 0 saturated carbocycles. The molecule has 2 aliphatic heterocycles. The zero-order valence-electron chi connectivity index (χ0n) is 21.5. The van der Waals surface area contributed by atoms with Crippen molar-refractivity contribution in [2.24, 2.45) is 0 Å². The van der Waals surface area contributed by atoms with Crippen LogP contribution in [0.4, 0.5) is 19.0 Å². The standard InChI is InChI=1S/C27H27ClF3N5O3/c1-14-17(28)10-19-16(11-32-36(19)20-5-3-4-7-39-20)21(14)22-18(29)9-15-24(23(22)30)33-26(31)34-25(15)35-6-8-38-13-27(2,37)12-35/h9-11,20,37H,3-8,12-13H2,1-2H3. The van der Waals surface area contributed by atoms with Crippen LogP contribution in [0, 0.1) is 24.6 Å². The van der Waals surface area contributed by atoms with Gasteiger partial charge in [-0.3, -0.25) is 0 Å². The molecule has 4 heterocycles. The van der Waals surface area contributed by atoms with Gasteiger partial charge in [-0.15, -0.1) is 0 Å². The lowest BCUT2D eigenvalue weighted by molar-refractivity contribution is -0.0366. The van der Waals surface area contributed by atoms with E-state index < -0.39 is 23.3 Å². The summed E-state index contributed by atoms with van der Waals surface area (Å²) in [4.78, 5) is 9.12. The first kappa shape index (κ1) is 26.2. The molecular weight excluding hydrogens is 535 g/mol. The summed E-state index contributed by atoms with van der Waals surface area (Å²) >= 11 is 6.57. The number of ether oxygens (including phenoxy) is 2. The number of benzene rings is 2. The molecule has 6 rings (SSSR count). The smallest absolute Gasteiger partial charge is 0.311 e. The summed E-state index contributed by atoms with van der Waals surface area (Å²) in [6.45, 7) is 4.38. The molecule has 0 spiro atoms. The lowest BCUT2D eigenvalue weighted by Crippen LogP contribution is -2.42. The van der Waals surface area contributed by atoms with Crippen molar-refractivity contribution in [2.75, 3.05) is 37.8 Å². The number of hydrogen-bond donors (Lipinski definition) is 1. The van der Waals surface area contributed by atoms with Crippen LogP contribution < -0.4 is 4.90 Å². The van der Waals surface area contributed by atoms with E-state index >= 15 is 8.78 Å². The van der Waals surface area contributed by atoms with E-state index in [0.29, 0.717) is 28.1 Å². The fourth-order valence-electron chi connectivity index (χ4n) is 5.53. The van der Waals surface area contributed by atoms with E-state index in [4.69, 9.17) is 21.1 Å². The summed E-state index contributed by atoms with van der Waals surface area (Å²) in [7, 11) is 0. The second-order valence-electron chi connectivity index (χ2n) is 10.4. The Balaban J connectivity index is 1.56. The maximum absolute atomic E-state index is 16.3. The van der Waals surface area contributed by atoms with Gasteiger partial charge in [0.05, 0.1) is 37.0 Å². The van der Waals surface area contributed by atoms with E-state index in [1.165, 1.54) is 0 Å². The Labute approximate surface area is 227 Å². The lowest BCUT2D eigenvalue weighted by Gasteiger charge is -2.29. The van der Waals surface area contributed by atoms with E-state index in [1.54, 1.807) is 35.7 Å². The van der Waals surface area contributed by atoms with Crippen LogP contribution in [0.1, 0.15) is 38.0 Å². The van der Waals surface area contributed by atoms with Gasteiger partial charge in [0, 0.05) is 34.5 Å². The summed E-state index contributed by atoms with van der Waals surface area (Å²) in [6.07, 6.45) is 2.74. The summed E-state index contributed by atoms with van der Waals surface area (Å²) in [5.41, 5.74) is -0.801. The third-order valence-electron chi connectivity index (χ3n) is 7.36. The van der Waals surface area contributed by atoms with Crippen LogP contribution in [0.15, 0.2) is 18.3 Å². The topological polar surface area (TPSA) is 85.5 Å².